The van der Waals surface area contributed by atoms with Crippen molar-refractivity contribution in [3.63, 3.8) is 0 Å². The number of aliphatic hydroxyl groups excluding tert-OH is 2. The van der Waals surface area contributed by atoms with Crippen LogP contribution in [0.1, 0.15) is 52.9 Å². The molecular formula is C24H35NO4. The van der Waals surface area contributed by atoms with E-state index in [1.54, 1.807) is 0 Å². The molecule has 1 aliphatic heterocycles. The summed E-state index contributed by atoms with van der Waals surface area (Å²) in [6.45, 7) is 12.6. The number of nitrogens with zero attached hydrogens (tertiary/aromatic N) is 1. The number of esters is 1. The van der Waals surface area contributed by atoms with Gasteiger partial charge >= 0.3 is 5.97 Å². The second-order valence-electron chi connectivity index (χ2n) is 11.4. The lowest BCUT2D eigenvalue weighted by Gasteiger charge is -2.65. The van der Waals surface area contributed by atoms with Gasteiger partial charge in [-0.1, -0.05) is 20.4 Å². The van der Waals surface area contributed by atoms with Gasteiger partial charge in [0.15, 0.2) is 0 Å². The molecule has 0 aromatic heterocycles. The van der Waals surface area contributed by atoms with Crippen molar-refractivity contribution >= 4 is 5.97 Å². The zero-order valence-electron chi connectivity index (χ0n) is 17.9. The second-order valence-corrected chi connectivity index (χ2v) is 11.4. The molecule has 7 bridgehead atoms. The lowest BCUT2D eigenvalue weighted by atomic mass is 9.43. The largest absolute Gasteiger partial charge is 0.462 e. The fourth-order valence-corrected chi connectivity index (χ4v) is 10.3. The summed E-state index contributed by atoms with van der Waals surface area (Å²) in [6.07, 6.45) is 3.63. The summed E-state index contributed by atoms with van der Waals surface area (Å²) in [6, 6.07) is 0.340. The number of fused-ring (bicyclic) bond motifs is 1. The van der Waals surface area contributed by atoms with Crippen molar-refractivity contribution in [1.29, 1.82) is 0 Å². The lowest BCUT2D eigenvalue weighted by Crippen LogP contribution is -2.69. The molecule has 0 radical (unpaired) electrons. The highest BCUT2D eigenvalue weighted by Gasteiger charge is 2.85. The fourth-order valence-electron chi connectivity index (χ4n) is 10.3. The minimum Gasteiger partial charge on any atom is -0.462 e. The molecule has 1 heterocycles. The molecule has 2 spiro atoms. The third kappa shape index (κ3) is 1.81. The summed E-state index contributed by atoms with van der Waals surface area (Å²) in [7, 11) is 0. The van der Waals surface area contributed by atoms with E-state index in [0.29, 0.717) is 17.9 Å². The molecule has 5 saturated carbocycles. The number of hydrogen-bond acceptors (Lipinski definition) is 5. The SMILES string of the molecule is C=C1[C@H]2C[C@@]3([C@@H]1O)[C@@H](C[C@@H]2O)[C@@]12C4[C@@H]3C[C@@H]1[C@@](C)(CC[C@@H]2OC(C)=O)CN4CC. The van der Waals surface area contributed by atoms with Gasteiger partial charge in [-0.25, -0.2) is 0 Å². The van der Waals surface area contributed by atoms with Crippen LogP contribution >= 0.6 is 0 Å². The van der Waals surface area contributed by atoms with Crippen molar-refractivity contribution in [2.45, 2.75) is 77.2 Å². The van der Waals surface area contributed by atoms with E-state index in [2.05, 4.69) is 25.3 Å². The maximum absolute atomic E-state index is 12.2. The second kappa shape index (κ2) is 5.46. The first-order chi connectivity index (χ1) is 13.7. The molecule has 6 rings (SSSR count). The van der Waals surface area contributed by atoms with E-state index in [4.69, 9.17) is 4.74 Å². The molecule has 5 nitrogen and oxygen atoms in total. The Morgan fingerprint density at radius 1 is 1.31 bits per heavy atom. The lowest BCUT2D eigenvalue weighted by molar-refractivity contribution is -0.228. The summed E-state index contributed by atoms with van der Waals surface area (Å²) in [5, 5.41) is 22.6. The zero-order chi connectivity index (χ0) is 20.5. The third-order valence-corrected chi connectivity index (χ3v) is 10.8. The van der Waals surface area contributed by atoms with Gasteiger partial charge in [0.05, 0.1) is 12.2 Å². The quantitative estimate of drug-likeness (QED) is 0.549. The molecule has 1 unspecified atom stereocenters. The molecule has 5 heteroatoms. The van der Waals surface area contributed by atoms with Gasteiger partial charge in [-0.3, -0.25) is 9.69 Å². The van der Waals surface area contributed by atoms with E-state index in [-0.39, 0.29) is 40.2 Å². The van der Waals surface area contributed by atoms with Crippen LogP contribution in [-0.2, 0) is 9.53 Å². The molecule has 6 aliphatic rings. The first-order valence-electron chi connectivity index (χ1n) is 11.7. The molecule has 1 saturated heterocycles. The topological polar surface area (TPSA) is 70.0 Å². The maximum Gasteiger partial charge on any atom is 0.302 e. The van der Waals surface area contributed by atoms with E-state index in [1.807, 2.05) is 0 Å². The van der Waals surface area contributed by atoms with Crippen molar-refractivity contribution < 1.29 is 19.7 Å². The number of aliphatic hydroxyl groups is 2. The van der Waals surface area contributed by atoms with E-state index in [0.717, 1.165) is 50.8 Å². The third-order valence-electron chi connectivity index (χ3n) is 10.8. The average Bonchev–Trinajstić information content (AvgIpc) is 3.18. The Labute approximate surface area is 173 Å². The molecule has 0 amide bonds. The van der Waals surface area contributed by atoms with Crippen molar-refractivity contribution in [1.82, 2.24) is 4.90 Å². The van der Waals surface area contributed by atoms with Crippen LogP contribution in [0.15, 0.2) is 12.2 Å². The Balaban J connectivity index is 1.59. The van der Waals surface area contributed by atoms with Gasteiger partial charge in [0.1, 0.15) is 6.10 Å². The molecule has 0 aromatic rings. The predicted molar refractivity (Wildman–Crippen MR) is 108 cm³/mol. The fraction of sp³-hybridized carbons (Fsp3) is 0.875. The number of hydrogen-bond donors (Lipinski definition) is 2. The predicted octanol–water partition coefficient (Wildman–Crippen LogP) is 2.36. The van der Waals surface area contributed by atoms with Crippen LogP contribution in [0, 0.1) is 39.9 Å². The van der Waals surface area contributed by atoms with Crippen LogP contribution in [0.2, 0.25) is 0 Å². The van der Waals surface area contributed by atoms with Crippen LogP contribution in [0.4, 0.5) is 0 Å². The van der Waals surface area contributed by atoms with Crippen molar-refractivity contribution in [3.05, 3.63) is 12.2 Å². The van der Waals surface area contributed by atoms with Crippen molar-refractivity contribution in [3.8, 4) is 0 Å². The Morgan fingerprint density at radius 3 is 2.76 bits per heavy atom. The van der Waals surface area contributed by atoms with Gasteiger partial charge < -0.3 is 14.9 Å². The average molecular weight is 402 g/mol. The normalized spacial score (nSPS) is 59.7. The number of likely N-dealkylation sites (tertiary alicyclic amines) is 1. The summed E-state index contributed by atoms with van der Waals surface area (Å²) in [5.41, 5.74) is 0.734. The molecule has 6 fully saturated rings. The van der Waals surface area contributed by atoms with E-state index in [1.165, 1.54) is 6.92 Å². The molecule has 11 atom stereocenters. The van der Waals surface area contributed by atoms with E-state index < -0.39 is 12.2 Å². The highest BCUT2D eigenvalue weighted by molar-refractivity contribution is 5.66. The van der Waals surface area contributed by atoms with Crippen molar-refractivity contribution in [2.24, 2.45) is 39.9 Å². The van der Waals surface area contributed by atoms with E-state index >= 15 is 0 Å². The zero-order valence-corrected chi connectivity index (χ0v) is 17.9. The van der Waals surface area contributed by atoms with Gasteiger partial charge in [0.25, 0.3) is 0 Å². The van der Waals surface area contributed by atoms with Crippen LogP contribution in [0.25, 0.3) is 0 Å². The smallest absolute Gasteiger partial charge is 0.302 e. The molecule has 160 valence electrons. The minimum atomic E-state index is -0.537. The molecule has 29 heavy (non-hydrogen) atoms. The van der Waals surface area contributed by atoms with Crippen LogP contribution in [0.5, 0.6) is 0 Å². The number of rotatable bonds is 2. The van der Waals surface area contributed by atoms with Crippen LogP contribution in [0.3, 0.4) is 0 Å². The minimum absolute atomic E-state index is 0.0223. The number of carbonyl (C=O) groups is 1. The number of piperidine rings is 1. The number of carbonyl (C=O) groups excluding carboxylic acids is 1. The Bertz CT molecular complexity index is 798. The summed E-state index contributed by atoms with van der Waals surface area (Å²) in [4.78, 5) is 14.8. The van der Waals surface area contributed by atoms with Gasteiger partial charge in [0, 0.05) is 36.3 Å². The van der Waals surface area contributed by atoms with Crippen LogP contribution < -0.4 is 0 Å². The van der Waals surface area contributed by atoms with Gasteiger partial charge in [-0.15, -0.1) is 0 Å². The first-order valence-corrected chi connectivity index (χ1v) is 11.7. The molecule has 5 aliphatic carbocycles. The van der Waals surface area contributed by atoms with Crippen LogP contribution in [-0.4, -0.2) is 58.5 Å². The Hall–Kier alpha value is -0.910. The summed E-state index contributed by atoms with van der Waals surface area (Å²) >= 11 is 0. The summed E-state index contributed by atoms with van der Waals surface area (Å²) < 4.78 is 6.11. The highest BCUT2D eigenvalue weighted by atomic mass is 16.5. The van der Waals surface area contributed by atoms with Crippen molar-refractivity contribution in [2.75, 3.05) is 13.1 Å². The first kappa shape index (κ1) is 18.8. The molecular weight excluding hydrogens is 366 g/mol. The highest BCUT2D eigenvalue weighted by Crippen LogP contribution is 2.83. The molecule has 0 aromatic carbocycles. The Kier molecular flexibility index (Phi) is 3.55. The van der Waals surface area contributed by atoms with Gasteiger partial charge in [-0.2, -0.15) is 0 Å². The standard InChI is InChI=1S/C24H35NO4/c1-5-25-11-22(4)7-6-19(29-13(3)26)24-17(22)8-15(20(24)25)23-10-14(12(2)21(23)28)16(27)9-18(23)24/h14-21,27-28H,2,5-11H2,1,3-4H3/t14-,15+,16+,17-,18-,19+,20?,21-,22+,23+,24+/m1/s1. The maximum atomic E-state index is 12.2. The van der Waals surface area contributed by atoms with E-state index in [9.17, 15) is 15.0 Å². The summed E-state index contributed by atoms with van der Waals surface area (Å²) in [5.74, 6) is 0.937. The number of ether oxygens (including phenoxy) is 1. The van der Waals surface area contributed by atoms with Gasteiger partial charge in [0.2, 0.25) is 0 Å². The van der Waals surface area contributed by atoms with Gasteiger partial charge in [-0.05, 0) is 67.4 Å². The monoisotopic (exact) mass is 401 g/mol. The molecule has 2 N–H and O–H groups in total. The Morgan fingerprint density at radius 2 is 2.07 bits per heavy atom.